The molecule has 9 heteroatoms. The number of hydrogen-bond donors (Lipinski definition) is 1. The van der Waals surface area contributed by atoms with Crippen molar-refractivity contribution in [2.75, 3.05) is 6.54 Å². The average molecular weight is 565 g/mol. The van der Waals surface area contributed by atoms with Crippen molar-refractivity contribution in [2.45, 2.75) is 59.7 Å². The van der Waals surface area contributed by atoms with Gasteiger partial charge in [0.15, 0.2) is 5.78 Å². The second kappa shape index (κ2) is 12.1. The zero-order valence-electron chi connectivity index (χ0n) is 24.7. The first-order chi connectivity index (χ1) is 20.1. The summed E-state index contributed by atoms with van der Waals surface area (Å²) in [5, 5.41) is 8.20. The number of carbonyl (C=O) groups is 3. The molecule has 4 aromatic rings. The highest BCUT2D eigenvalue weighted by molar-refractivity contribution is 6.06. The number of nitrogens with one attached hydrogen (secondary N) is 1. The number of carbonyl (C=O) groups excluding carboxylic acids is 3. The van der Waals surface area contributed by atoms with Crippen LogP contribution in [0.2, 0.25) is 0 Å². The Morgan fingerprint density at radius 3 is 2.40 bits per heavy atom. The number of ketones is 1. The van der Waals surface area contributed by atoms with Crippen LogP contribution in [0.1, 0.15) is 56.0 Å². The number of likely N-dealkylation sites (tertiary alicyclic amines) is 1. The van der Waals surface area contributed by atoms with Gasteiger partial charge in [0.25, 0.3) is 0 Å². The van der Waals surface area contributed by atoms with E-state index in [0.717, 1.165) is 22.3 Å². The number of aromatic nitrogens is 4. The number of Topliss-reactive ketones (excluding diaryl/α,β-unsaturated/α-hetero) is 1. The number of hydrogen-bond acceptors (Lipinski definition) is 6. The van der Waals surface area contributed by atoms with Crippen molar-refractivity contribution < 1.29 is 14.4 Å². The van der Waals surface area contributed by atoms with Crippen molar-refractivity contribution in [3.8, 4) is 11.1 Å². The van der Waals surface area contributed by atoms with E-state index < -0.39 is 6.04 Å². The second-order valence-corrected chi connectivity index (χ2v) is 11.1. The lowest BCUT2D eigenvalue weighted by molar-refractivity contribution is -0.140. The lowest BCUT2D eigenvalue weighted by Crippen LogP contribution is -2.49. The van der Waals surface area contributed by atoms with Gasteiger partial charge in [-0.3, -0.25) is 19.1 Å². The van der Waals surface area contributed by atoms with Crippen molar-refractivity contribution in [1.29, 1.82) is 0 Å². The molecule has 0 radical (unpaired) electrons. The van der Waals surface area contributed by atoms with Crippen LogP contribution in [-0.2, 0) is 16.1 Å². The Labute approximate surface area is 245 Å². The summed E-state index contributed by atoms with van der Waals surface area (Å²) < 4.78 is 1.57. The zero-order chi connectivity index (χ0) is 30.0. The first-order valence-electron chi connectivity index (χ1n) is 14.3. The molecule has 0 bridgehead atoms. The Kier molecular flexibility index (Phi) is 8.29. The zero-order valence-corrected chi connectivity index (χ0v) is 24.7. The molecule has 2 aromatic carbocycles. The predicted molar refractivity (Wildman–Crippen MR) is 162 cm³/mol. The van der Waals surface area contributed by atoms with E-state index in [1.165, 1.54) is 6.92 Å². The number of rotatable bonds is 8. The normalized spacial score (nSPS) is 18.8. The van der Waals surface area contributed by atoms with E-state index in [0.29, 0.717) is 35.4 Å². The van der Waals surface area contributed by atoms with Crippen molar-refractivity contribution in [3.63, 3.8) is 0 Å². The van der Waals surface area contributed by atoms with Crippen LogP contribution in [0.25, 0.3) is 27.6 Å². The lowest BCUT2D eigenvalue weighted by atomic mass is 10.0. The highest BCUT2D eigenvalue weighted by Gasteiger charge is 2.42. The van der Waals surface area contributed by atoms with Gasteiger partial charge in [-0.2, -0.15) is 5.10 Å². The number of allylic oxidation sites excluding steroid dienone is 1. The molecule has 1 aliphatic rings. The van der Waals surface area contributed by atoms with Gasteiger partial charge in [-0.15, -0.1) is 0 Å². The van der Waals surface area contributed by atoms with Crippen molar-refractivity contribution in [2.24, 2.45) is 5.92 Å². The third-order valence-corrected chi connectivity index (χ3v) is 8.18. The number of amides is 2. The van der Waals surface area contributed by atoms with Crippen LogP contribution in [0.3, 0.4) is 0 Å². The molecule has 1 aliphatic heterocycles. The summed E-state index contributed by atoms with van der Waals surface area (Å²) >= 11 is 0. The number of aryl methyl sites for hydroxylation is 1. The molecule has 0 saturated carbocycles. The van der Waals surface area contributed by atoms with Crippen molar-refractivity contribution >= 4 is 34.1 Å². The molecular weight excluding hydrogens is 528 g/mol. The standard InChI is InChI=1S/C33H36N6O3/c1-20(25-9-7-6-8-10-25)13-14-34-33(42)30-15-21(2)22(3)39(30)31(41)19-38-29-12-11-26(27-17-35-24(5)36-18-27)16-28(29)32(37-38)23(4)40/h6-13,16-18,21-22,30H,14-15,19H2,1-5H3,(H,34,42)/b20-13-/t21-,22-,30+/m1/s1. The van der Waals surface area contributed by atoms with Crippen molar-refractivity contribution in [3.05, 3.63) is 84.1 Å². The molecule has 42 heavy (non-hydrogen) atoms. The predicted octanol–water partition coefficient (Wildman–Crippen LogP) is 4.85. The highest BCUT2D eigenvalue weighted by atomic mass is 16.2. The van der Waals surface area contributed by atoms with Gasteiger partial charge in [-0.25, -0.2) is 9.97 Å². The quantitative estimate of drug-likeness (QED) is 0.307. The molecular formula is C33H36N6O3. The lowest BCUT2D eigenvalue weighted by Gasteiger charge is -2.28. The van der Waals surface area contributed by atoms with E-state index in [1.807, 2.05) is 75.4 Å². The van der Waals surface area contributed by atoms with E-state index in [1.54, 1.807) is 22.0 Å². The summed E-state index contributed by atoms with van der Waals surface area (Å²) in [6.07, 6.45) is 6.05. The molecule has 216 valence electrons. The van der Waals surface area contributed by atoms with E-state index >= 15 is 0 Å². The van der Waals surface area contributed by atoms with Crippen LogP contribution in [0, 0.1) is 12.8 Å². The number of nitrogens with zero attached hydrogens (tertiary/aromatic N) is 5. The van der Waals surface area contributed by atoms with E-state index in [9.17, 15) is 14.4 Å². The summed E-state index contributed by atoms with van der Waals surface area (Å²) in [7, 11) is 0. The highest BCUT2D eigenvalue weighted by Crippen LogP contribution is 2.31. The van der Waals surface area contributed by atoms with Gasteiger partial charge in [0.05, 0.1) is 5.52 Å². The van der Waals surface area contributed by atoms with Gasteiger partial charge in [0.1, 0.15) is 24.1 Å². The maximum Gasteiger partial charge on any atom is 0.245 e. The van der Waals surface area contributed by atoms with E-state index in [4.69, 9.17) is 0 Å². The van der Waals surface area contributed by atoms with Crippen LogP contribution in [0.5, 0.6) is 0 Å². The topological polar surface area (TPSA) is 110 Å². The van der Waals surface area contributed by atoms with E-state index in [2.05, 4.69) is 27.3 Å². The van der Waals surface area contributed by atoms with Gasteiger partial charge >= 0.3 is 0 Å². The minimum Gasteiger partial charge on any atom is -0.351 e. The fraction of sp³-hybridized carbons (Fsp3) is 0.333. The minimum absolute atomic E-state index is 0.0787. The van der Waals surface area contributed by atoms with Crippen LogP contribution in [0.4, 0.5) is 0 Å². The summed E-state index contributed by atoms with van der Waals surface area (Å²) in [6, 6.07) is 15.0. The summed E-state index contributed by atoms with van der Waals surface area (Å²) in [6.45, 7) is 9.64. The van der Waals surface area contributed by atoms with Gasteiger partial charge in [0.2, 0.25) is 11.8 Å². The molecule has 0 unspecified atom stereocenters. The SMILES string of the molecule is CC(=O)c1nn(CC(=O)N2[C@H](C)[C@H](C)C[C@H]2C(=O)NC/C=C(/C)c2ccccc2)c2ccc(-c3cnc(C)nc3)cc12. The van der Waals surface area contributed by atoms with Gasteiger partial charge in [-0.05, 0) is 61.9 Å². The maximum atomic E-state index is 13.8. The van der Waals surface area contributed by atoms with Gasteiger partial charge in [-0.1, -0.05) is 49.4 Å². The monoisotopic (exact) mass is 564 g/mol. The minimum atomic E-state index is -0.574. The third kappa shape index (κ3) is 5.86. The maximum absolute atomic E-state index is 13.8. The second-order valence-electron chi connectivity index (χ2n) is 11.1. The molecule has 1 saturated heterocycles. The number of benzene rings is 2. The number of fused-ring (bicyclic) bond motifs is 1. The Morgan fingerprint density at radius 2 is 1.71 bits per heavy atom. The summed E-state index contributed by atoms with van der Waals surface area (Å²) in [5.74, 6) is 0.261. The Morgan fingerprint density at radius 1 is 1.00 bits per heavy atom. The molecule has 2 aromatic heterocycles. The first kappa shape index (κ1) is 28.9. The average Bonchev–Trinajstić information content (AvgIpc) is 3.50. The summed E-state index contributed by atoms with van der Waals surface area (Å²) in [4.78, 5) is 49.8. The molecule has 2 amide bonds. The molecule has 0 aliphatic carbocycles. The molecule has 1 fully saturated rings. The fourth-order valence-electron chi connectivity index (χ4n) is 5.59. The first-order valence-corrected chi connectivity index (χ1v) is 14.3. The fourth-order valence-corrected chi connectivity index (χ4v) is 5.59. The molecule has 9 nitrogen and oxygen atoms in total. The van der Waals surface area contributed by atoms with Crippen LogP contribution < -0.4 is 5.32 Å². The van der Waals surface area contributed by atoms with Gasteiger partial charge < -0.3 is 10.2 Å². The Balaban J connectivity index is 1.35. The van der Waals surface area contributed by atoms with E-state index in [-0.39, 0.29) is 36.1 Å². The van der Waals surface area contributed by atoms with Crippen molar-refractivity contribution in [1.82, 2.24) is 30.0 Å². The molecule has 0 spiro atoms. The smallest absolute Gasteiger partial charge is 0.245 e. The third-order valence-electron chi connectivity index (χ3n) is 8.18. The van der Waals surface area contributed by atoms with Crippen LogP contribution >= 0.6 is 0 Å². The Bertz CT molecular complexity index is 1660. The largest absolute Gasteiger partial charge is 0.351 e. The Hall–Kier alpha value is -4.66. The van der Waals surface area contributed by atoms with Crippen LogP contribution in [-0.4, -0.2) is 60.9 Å². The van der Waals surface area contributed by atoms with Crippen LogP contribution in [0.15, 0.2) is 67.0 Å². The summed E-state index contributed by atoms with van der Waals surface area (Å²) in [5.41, 5.74) is 4.82. The molecule has 3 atom stereocenters. The molecule has 3 heterocycles. The molecule has 5 rings (SSSR count). The molecule has 1 N–H and O–H groups in total. The van der Waals surface area contributed by atoms with Gasteiger partial charge in [0, 0.05) is 42.9 Å².